The third-order valence-electron chi connectivity index (χ3n) is 2.09. The van der Waals surface area contributed by atoms with Crippen LogP contribution in [0.3, 0.4) is 0 Å². The summed E-state index contributed by atoms with van der Waals surface area (Å²) in [5.74, 6) is -0.251. The molecule has 0 amide bonds. The van der Waals surface area contributed by atoms with E-state index in [1.54, 1.807) is 0 Å². The predicted molar refractivity (Wildman–Crippen MR) is 66.7 cm³/mol. The van der Waals surface area contributed by atoms with Crippen LogP contribution in [0, 0.1) is 19.7 Å². The molecule has 0 aliphatic rings. The maximum absolute atomic E-state index is 12.0. The van der Waals surface area contributed by atoms with Crippen molar-refractivity contribution in [3.05, 3.63) is 65.5 Å². The Kier molecular flexibility index (Phi) is 4.52. The molecule has 0 saturated heterocycles. The maximum atomic E-state index is 12.0. The van der Waals surface area contributed by atoms with Crippen LogP contribution in [0.1, 0.15) is 11.1 Å². The Labute approximate surface area is 95.7 Å². The SMILES string of the molecule is Cc1ccc(C)cc1.Nc1ccc(F)cc1. The first-order chi connectivity index (χ1) is 7.58. The van der Waals surface area contributed by atoms with Crippen LogP contribution in [0.5, 0.6) is 0 Å². The average Bonchev–Trinajstić information content (AvgIpc) is 2.28. The van der Waals surface area contributed by atoms with Gasteiger partial charge < -0.3 is 5.73 Å². The molecule has 0 fully saturated rings. The Bertz CT molecular complexity index is 332. The minimum absolute atomic E-state index is 0.251. The van der Waals surface area contributed by atoms with Gasteiger partial charge in [0.1, 0.15) is 5.82 Å². The fraction of sp³-hybridized carbons (Fsp3) is 0.143. The molecule has 0 radical (unpaired) electrons. The van der Waals surface area contributed by atoms with E-state index in [1.807, 2.05) is 0 Å². The highest BCUT2D eigenvalue weighted by molar-refractivity contribution is 5.36. The van der Waals surface area contributed by atoms with E-state index in [9.17, 15) is 4.39 Å². The zero-order valence-electron chi connectivity index (χ0n) is 9.57. The van der Waals surface area contributed by atoms with Gasteiger partial charge in [0.2, 0.25) is 0 Å². The molecule has 2 heteroatoms. The summed E-state index contributed by atoms with van der Waals surface area (Å²) in [6.45, 7) is 4.19. The van der Waals surface area contributed by atoms with Crippen LogP contribution < -0.4 is 5.73 Å². The number of hydrogen-bond donors (Lipinski definition) is 1. The van der Waals surface area contributed by atoms with Gasteiger partial charge >= 0.3 is 0 Å². The van der Waals surface area contributed by atoms with Gasteiger partial charge in [0.05, 0.1) is 0 Å². The molecule has 2 rings (SSSR count). The van der Waals surface area contributed by atoms with E-state index in [4.69, 9.17) is 5.73 Å². The van der Waals surface area contributed by atoms with Crippen molar-refractivity contribution in [1.29, 1.82) is 0 Å². The van der Waals surface area contributed by atoms with Gasteiger partial charge in [-0.2, -0.15) is 0 Å². The van der Waals surface area contributed by atoms with Crippen molar-refractivity contribution in [2.24, 2.45) is 0 Å². The van der Waals surface area contributed by atoms with Crippen molar-refractivity contribution < 1.29 is 4.39 Å². The Balaban J connectivity index is 0.000000160. The number of halogens is 1. The van der Waals surface area contributed by atoms with E-state index in [2.05, 4.69) is 38.1 Å². The van der Waals surface area contributed by atoms with Crippen molar-refractivity contribution >= 4 is 5.69 Å². The Hall–Kier alpha value is -1.83. The fourth-order valence-electron chi connectivity index (χ4n) is 1.10. The largest absolute Gasteiger partial charge is 0.399 e. The summed E-state index contributed by atoms with van der Waals surface area (Å²) in [5.41, 5.74) is 8.51. The van der Waals surface area contributed by atoms with Crippen LogP contribution in [-0.2, 0) is 0 Å². The maximum Gasteiger partial charge on any atom is 0.123 e. The van der Waals surface area contributed by atoms with Gasteiger partial charge in [-0.15, -0.1) is 0 Å². The molecular formula is C14H16FN. The van der Waals surface area contributed by atoms with Crippen molar-refractivity contribution in [1.82, 2.24) is 0 Å². The van der Waals surface area contributed by atoms with Crippen molar-refractivity contribution in [2.75, 3.05) is 5.73 Å². The Morgan fingerprint density at radius 3 is 1.44 bits per heavy atom. The molecule has 0 heterocycles. The first-order valence-electron chi connectivity index (χ1n) is 5.12. The van der Waals surface area contributed by atoms with Gasteiger partial charge in [0.25, 0.3) is 0 Å². The lowest BCUT2D eigenvalue weighted by molar-refractivity contribution is 0.628. The molecule has 0 aromatic heterocycles. The minimum Gasteiger partial charge on any atom is -0.399 e. The smallest absolute Gasteiger partial charge is 0.123 e. The lowest BCUT2D eigenvalue weighted by Gasteiger charge is -1.90. The number of benzene rings is 2. The molecule has 0 bridgehead atoms. The van der Waals surface area contributed by atoms with E-state index < -0.39 is 0 Å². The summed E-state index contributed by atoms with van der Waals surface area (Å²) in [7, 11) is 0. The molecule has 2 aromatic carbocycles. The standard InChI is InChI=1S/C8H10.C6H6FN/c1-7-3-5-8(2)6-4-7;7-5-1-3-6(8)4-2-5/h3-6H,1-2H3;1-4H,8H2. The number of nitrogens with two attached hydrogens (primary N) is 1. The number of hydrogen-bond acceptors (Lipinski definition) is 1. The quantitative estimate of drug-likeness (QED) is 0.669. The monoisotopic (exact) mass is 217 g/mol. The number of rotatable bonds is 0. The van der Waals surface area contributed by atoms with Crippen LogP contribution in [0.2, 0.25) is 0 Å². The molecule has 0 unspecified atom stereocenters. The minimum atomic E-state index is -0.251. The van der Waals surface area contributed by atoms with Gasteiger partial charge in [-0.05, 0) is 38.1 Å². The zero-order chi connectivity index (χ0) is 12.0. The van der Waals surface area contributed by atoms with Gasteiger partial charge in [0.15, 0.2) is 0 Å². The highest BCUT2D eigenvalue weighted by Crippen LogP contribution is 2.01. The molecule has 2 N–H and O–H groups in total. The van der Waals surface area contributed by atoms with Gasteiger partial charge in [-0.3, -0.25) is 0 Å². The van der Waals surface area contributed by atoms with Crippen molar-refractivity contribution in [3.63, 3.8) is 0 Å². The van der Waals surface area contributed by atoms with E-state index in [0.717, 1.165) is 0 Å². The van der Waals surface area contributed by atoms with E-state index in [-0.39, 0.29) is 5.82 Å². The second kappa shape index (κ2) is 5.91. The van der Waals surface area contributed by atoms with Crippen LogP contribution in [0.15, 0.2) is 48.5 Å². The van der Waals surface area contributed by atoms with Crippen LogP contribution >= 0.6 is 0 Å². The third-order valence-corrected chi connectivity index (χ3v) is 2.09. The highest BCUT2D eigenvalue weighted by Gasteiger charge is 1.84. The highest BCUT2D eigenvalue weighted by atomic mass is 19.1. The van der Waals surface area contributed by atoms with Crippen molar-refractivity contribution in [3.8, 4) is 0 Å². The molecule has 16 heavy (non-hydrogen) atoms. The van der Waals surface area contributed by atoms with Crippen LogP contribution in [0.25, 0.3) is 0 Å². The van der Waals surface area contributed by atoms with Gasteiger partial charge in [-0.1, -0.05) is 35.4 Å². The molecule has 0 aliphatic heterocycles. The summed E-state index contributed by atoms with van der Waals surface area (Å²) < 4.78 is 12.0. The van der Waals surface area contributed by atoms with Gasteiger partial charge in [-0.25, -0.2) is 4.39 Å². The first kappa shape index (κ1) is 12.2. The summed E-state index contributed by atoms with van der Waals surface area (Å²) in [5, 5.41) is 0. The second-order valence-corrected chi connectivity index (χ2v) is 3.71. The van der Waals surface area contributed by atoms with E-state index in [1.165, 1.54) is 35.4 Å². The lowest BCUT2D eigenvalue weighted by Crippen LogP contribution is -1.82. The average molecular weight is 217 g/mol. The zero-order valence-corrected chi connectivity index (χ0v) is 9.57. The summed E-state index contributed by atoms with van der Waals surface area (Å²) in [4.78, 5) is 0. The van der Waals surface area contributed by atoms with Crippen LogP contribution in [0.4, 0.5) is 10.1 Å². The molecular weight excluding hydrogens is 201 g/mol. The molecule has 0 atom stereocenters. The number of nitrogen functional groups attached to an aromatic ring is 1. The Morgan fingerprint density at radius 2 is 1.12 bits per heavy atom. The van der Waals surface area contributed by atoms with Gasteiger partial charge in [0, 0.05) is 5.69 Å². The molecule has 1 nitrogen and oxygen atoms in total. The van der Waals surface area contributed by atoms with Crippen LogP contribution in [-0.4, -0.2) is 0 Å². The molecule has 0 saturated carbocycles. The number of anilines is 1. The van der Waals surface area contributed by atoms with E-state index in [0.29, 0.717) is 5.69 Å². The lowest BCUT2D eigenvalue weighted by atomic mass is 10.2. The molecule has 2 aromatic rings. The summed E-state index contributed by atoms with van der Waals surface area (Å²) in [6.07, 6.45) is 0. The Morgan fingerprint density at radius 1 is 0.750 bits per heavy atom. The fourth-order valence-corrected chi connectivity index (χ4v) is 1.10. The predicted octanol–water partition coefficient (Wildman–Crippen LogP) is 3.71. The molecule has 84 valence electrons. The summed E-state index contributed by atoms with van der Waals surface area (Å²) >= 11 is 0. The first-order valence-corrected chi connectivity index (χ1v) is 5.12. The van der Waals surface area contributed by atoms with E-state index >= 15 is 0 Å². The number of aryl methyl sites for hydroxylation is 2. The summed E-state index contributed by atoms with van der Waals surface area (Å²) in [6, 6.07) is 14.2. The molecule has 0 aliphatic carbocycles. The molecule has 0 spiro atoms. The second-order valence-electron chi connectivity index (χ2n) is 3.71. The normalized spacial score (nSPS) is 9.19. The topological polar surface area (TPSA) is 26.0 Å². The third kappa shape index (κ3) is 4.60. The van der Waals surface area contributed by atoms with Crippen molar-refractivity contribution in [2.45, 2.75) is 13.8 Å².